The van der Waals surface area contributed by atoms with Gasteiger partial charge in [0.25, 0.3) is 0 Å². The molecule has 1 rings (SSSR count). The molecule has 1 fully saturated rings. The fourth-order valence-corrected chi connectivity index (χ4v) is 3.23. The van der Waals surface area contributed by atoms with Crippen molar-refractivity contribution < 1.29 is 33.3 Å². The Morgan fingerprint density at radius 1 is 0.810 bits per heavy atom. The molecule has 0 radical (unpaired) electrons. The van der Waals surface area contributed by atoms with Gasteiger partial charge in [0, 0.05) is 0 Å². The number of carbonyl (C=O) groups excluding carboxylic acids is 1. The molecule has 0 unspecified atom stereocenters. The largest absolute Gasteiger partial charge is 1.00 e. The Hall–Kier alpha value is 0.360. The van der Waals surface area contributed by atoms with Gasteiger partial charge in [0.1, 0.15) is 5.78 Å². The molecule has 1 saturated heterocycles. The normalized spacial score (nSPS) is 17.5. The lowest BCUT2D eigenvalue weighted by atomic mass is 10.0. The van der Waals surface area contributed by atoms with Crippen LogP contribution in [0.2, 0.25) is 0 Å². The van der Waals surface area contributed by atoms with E-state index in [4.69, 9.17) is 0 Å². The van der Waals surface area contributed by atoms with Crippen LogP contribution in [0.3, 0.4) is 0 Å². The van der Waals surface area contributed by atoms with Crippen molar-refractivity contribution in [2.75, 3.05) is 26.7 Å². The number of nitrogens with zero attached hydrogens (tertiary/aromatic N) is 1. The van der Waals surface area contributed by atoms with Gasteiger partial charge >= 0.3 is 0 Å². The van der Waals surface area contributed by atoms with Gasteiger partial charge in [0.15, 0.2) is 0 Å². The van der Waals surface area contributed by atoms with E-state index in [0.717, 1.165) is 30.4 Å². The molecule has 0 bridgehead atoms. The molecule has 3 heteroatoms. The second kappa shape index (κ2) is 12.9. The number of likely N-dealkylation sites (tertiary alicyclic amines) is 1. The van der Waals surface area contributed by atoms with Crippen molar-refractivity contribution in [2.45, 2.75) is 84.0 Å². The van der Waals surface area contributed by atoms with Crippen molar-refractivity contribution >= 4 is 5.78 Å². The van der Waals surface area contributed by atoms with Crippen LogP contribution in [0.15, 0.2) is 0 Å². The lowest BCUT2D eigenvalue weighted by Crippen LogP contribution is -3.00. The predicted octanol–water partition coefficient (Wildman–Crippen LogP) is 1.72. The highest BCUT2D eigenvalue weighted by molar-refractivity contribution is 5.78. The van der Waals surface area contributed by atoms with Crippen LogP contribution in [0.25, 0.3) is 0 Å². The number of Topliss-reactive ketones (excluding diaryl/α,β-unsaturated/α-hetero) is 1. The molecule has 0 aromatic carbocycles. The molecule has 126 valence electrons. The maximum absolute atomic E-state index is 11.3. The van der Waals surface area contributed by atoms with Crippen molar-refractivity contribution in [2.24, 2.45) is 0 Å². The van der Waals surface area contributed by atoms with Gasteiger partial charge in [-0.1, -0.05) is 58.3 Å². The summed E-state index contributed by atoms with van der Waals surface area (Å²) in [5.41, 5.74) is 0. The number of rotatable bonds is 11. The van der Waals surface area contributed by atoms with Crippen molar-refractivity contribution in [3.63, 3.8) is 0 Å². The minimum atomic E-state index is 0. The smallest absolute Gasteiger partial charge is 0.144 e. The molecule has 0 spiro atoms. The molecule has 21 heavy (non-hydrogen) atoms. The van der Waals surface area contributed by atoms with E-state index in [1.807, 2.05) is 0 Å². The summed E-state index contributed by atoms with van der Waals surface area (Å²) in [6.07, 6.45) is 15.7. The Morgan fingerprint density at radius 3 is 1.71 bits per heavy atom. The molecule has 1 aliphatic heterocycles. The van der Waals surface area contributed by atoms with Crippen molar-refractivity contribution in [3.8, 4) is 0 Å². The van der Waals surface area contributed by atoms with Crippen LogP contribution in [0.4, 0.5) is 0 Å². The first-order valence-electron chi connectivity index (χ1n) is 9.01. The minimum absolute atomic E-state index is 0. The lowest BCUT2D eigenvalue weighted by molar-refractivity contribution is -0.911. The summed E-state index contributed by atoms with van der Waals surface area (Å²) in [7, 11) is 2.33. The van der Waals surface area contributed by atoms with E-state index >= 15 is 0 Å². The monoisotopic (exact) mass is 409 g/mol. The standard InChI is InChI=1S/C18H36NO.HI/c1-3-4-5-6-7-8-9-10-11-12-15-19(2)16-13-18(20)14-17-19;/h3-17H2,1-2H3;1H/q+1;/p-1. The molecule has 0 saturated carbocycles. The van der Waals surface area contributed by atoms with Gasteiger partial charge in [-0.3, -0.25) is 4.79 Å². The number of hydrogen-bond donors (Lipinski definition) is 0. The Morgan fingerprint density at radius 2 is 1.24 bits per heavy atom. The zero-order valence-corrected chi connectivity index (χ0v) is 16.5. The summed E-state index contributed by atoms with van der Waals surface area (Å²) in [5, 5.41) is 0. The van der Waals surface area contributed by atoms with Crippen LogP contribution in [-0.2, 0) is 4.79 Å². The molecule has 2 nitrogen and oxygen atoms in total. The fourth-order valence-electron chi connectivity index (χ4n) is 3.23. The predicted molar refractivity (Wildman–Crippen MR) is 86.9 cm³/mol. The van der Waals surface area contributed by atoms with E-state index in [9.17, 15) is 4.79 Å². The topological polar surface area (TPSA) is 17.1 Å². The van der Waals surface area contributed by atoms with Gasteiger partial charge in [-0.05, 0) is 12.8 Å². The first-order valence-corrected chi connectivity index (χ1v) is 9.01. The zero-order chi connectivity index (χ0) is 14.7. The summed E-state index contributed by atoms with van der Waals surface area (Å²) in [5.74, 6) is 0.476. The van der Waals surface area contributed by atoms with Crippen LogP contribution >= 0.6 is 0 Å². The maximum Gasteiger partial charge on any atom is 0.144 e. The third-order valence-electron chi connectivity index (χ3n) is 4.91. The Bertz CT molecular complexity index is 258. The molecule has 1 heterocycles. The van der Waals surface area contributed by atoms with Crippen LogP contribution < -0.4 is 24.0 Å². The molecular weight excluding hydrogens is 373 g/mol. The lowest BCUT2D eigenvalue weighted by Gasteiger charge is -2.37. The maximum atomic E-state index is 11.3. The number of quaternary nitrogens is 1. The molecular formula is C18H36INO. The minimum Gasteiger partial charge on any atom is -1.00 e. The van der Waals surface area contributed by atoms with E-state index < -0.39 is 0 Å². The average molecular weight is 409 g/mol. The highest BCUT2D eigenvalue weighted by atomic mass is 127. The van der Waals surface area contributed by atoms with Gasteiger partial charge in [-0.2, -0.15) is 0 Å². The third kappa shape index (κ3) is 10.7. The summed E-state index contributed by atoms with van der Waals surface area (Å²) < 4.78 is 1.14. The van der Waals surface area contributed by atoms with Crippen LogP contribution in [0.5, 0.6) is 0 Å². The molecule has 0 atom stereocenters. The molecule has 0 aromatic rings. The van der Waals surface area contributed by atoms with E-state index in [1.54, 1.807) is 0 Å². The average Bonchev–Trinajstić information content (AvgIpc) is 2.45. The first kappa shape index (κ1) is 21.4. The van der Waals surface area contributed by atoms with Crippen molar-refractivity contribution in [1.82, 2.24) is 0 Å². The van der Waals surface area contributed by atoms with E-state index in [0.29, 0.717) is 5.78 Å². The van der Waals surface area contributed by atoms with Gasteiger partial charge in [-0.25, -0.2) is 0 Å². The summed E-state index contributed by atoms with van der Waals surface area (Å²) in [4.78, 5) is 11.3. The van der Waals surface area contributed by atoms with Gasteiger partial charge in [-0.15, -0.1) is 0 Å². The second-order valence-electron chi connectivity index (χ2n) is 7.01. The summed E-state index contributed by atoms with van der Waals surface area (Å²) in [6.45, 7) is 5.72. The molecule has 0 N–H and O–H groups in total. The first-order chi connectivity index (χ1) is 9.66. The molecule has 0 aromatic heterocycles. The van der Waals surface area contributed by atoms with Crippen molar-refractivity contribution in [1.29, 1.82) is 0 Å². The van der Waals surface area contributed by atoms with Crippen LogP contribution in [0.1, 0.15) is 84.0 Å². The van der Waals surface area contributed by atoms with E-state index in [1.165, 1.54) is 70.8 Å². The Balaban J connectivity index is 0.00000400. The summed E-state index contributed by atoms with van der Waals surface area (Å²) in [6, 6.07) is 0. The van der Waals surface area contributed by atoms with Gasteiger partial charge in [0.05, 0.1) is 39.5 Å². The van der Waals surface area contributed by atoms with Crippen LogP contribution in [-0.4, -0.2) is 36.9 Å². The SMILES string of the molecule is CCCCCCCCCCCC[N+]1(C)CCC(=O)CC1.[I-]. The number of piperidine rings is 1. The third-order valence-corrected chi connectivity index (χ3v) is 4.91. The zero-order valence-electron chi connectivity index (χ0n) is 14.3. The number of halogens is 1. The van der Waals surface area contributed by atoms with Gasteiger partial charge in [0.2, 0.25) is 0 Å². The van der Waals surface area contributed by atoms with Crippen molar-refractivity contribution in [3.05, 3.63) is 0 Å². The Kier molecular flexibility index (Phi) is 13.1. The van der Waals surface area contributed by atoms with Crippen LogP contribution in [0, 0.1) is 0 Å². The highest BCUT2D eigenvalue weighted by Gasteiger charge is 2.27. The molecule has 0 aliphatic carbocycles. The number of carbonyl (C=O) groups is 1. The molecule has 1 aliphatic rings. The van der Waals surface area contributed by atoms with Gasteiger partial charge < -0.3 is 28.5 Å². The molecule has 0 amide bonds. The van der Waals surface area contributed by atoms with E-state index in [-0.39, 0.29) is 24.0 Å². The summed E-state index contributed by atoms with van der Waals surface area (Å²) >= 11 is 0. The van der Waals surface area contributed by atoms with E-state index in [2.05, 4.69) is 14.0 Å². The number of hydrogen-bond acceptors (Lipinski definition) is 1. The number of ketones is 1. The highest BCUT2D eigenvalue weighted by Crippen LogP contribution is 2.16. The quantitative estimate of drug-likeness (QED) is 0.289. The number of unbranched alkanes of at least 4 members (excludes halogenated alkanes) is 9. The Labute approximate surface area is 149 Å². The second-order valence-corrected chi connectivity index (χ2v) is 7.01. The fraction of sp³-hybridized carbons (Fsp3) is 0.944.